The summed E-state index contributed by atoms with van der Waals surface area (Å²) in [4.78, 5) is 50.7. The fourth-order valence-electron chi connectivity index (χ4n) is 3.44. The number of aliphatic hydroxyl groups is 2. The Kier molecular flexibility index (Phi) is 11.1. The minimum Gasteiger partial charge on any atom is -0.467 e. The predicted octanol–water partition coefficient (Wildman–Crippen LogP) is 0.709. The van der Waals surface area contributed by atoms with Crippen molar-refractivity contribution in [2.75, 3.05) is 19.0 Å². The Morgan fingerprint density at radius 2 is 1.84 bits per heavy atom. The first-order valence-corrected chi connectivity index (χ1v) is 11.1. The molecule has 1 aromatic rings. The summed E-state index contributed by atoms with van der Waals surface area (Å²) in [6.45, 7) is 1.87. The third-order valence-electron chi connectivity index (χ3n) is 5.02. The molecule has 5 atom stereocenters. The fraction of sp³-hybridized carbons (Fsp3) is 0.545. The lowest BCUT2D eigenvalue weighted by molar-refractivity contribution is -0.278. The van der Waals surface area contributed by atoms with Gasteiger partial charge in [0.1, 0.15) is 5.75 Å². The number of nitrogens with zero attached hydrogens (tertiary/aromatic N) is 3. The summed E-state index contributed by atoms with van der Waals surface area (Å²) >= 11 is 0. The third-order valence-corrected chi connectivity index (χ3v) is 5.02. The van der Waals surface area contributed by atoms with E-state index in [4.69, 9.17) is 29.2 Å². The molecule has 1 amide bonds. The Hall–Kier alpha value is -3.91. The molecule has 202 valence electrons. The molecule has 0 aromatic heterocycles. The maximum Gasteiger partial charge on any atom is 0.339 e. The van der Waals surface area contributed by atoms with Gasteiger partial charge >= 0.3 is 17.9 Å². The number of aliphatic hydroxyl groups excluding tert-OH is 2. The summed E-state index contributed by atoms with van der Waals surface area (Å²) in [5, 5.41) is 26.3. The van der Waals surface area contributed by atoms with Crippen molar-refractivity contribution in [1.29, 1.82) is 0 Å². The van der Waals surface area contributed by atoms with Crippen LogP contribution in [-0.2, 0) is 44.7 Å². The summed E-state index contributed by atoms with van der Waals surface area (Å²) in [5.41, 5.74) is 8.85. The van der Waals surface area contributed by atoms with Crippen LogP contribution in [0.5, 0.6) is 5.75 Å². The van der Waals surface area contributed by atoms with E-state index in [2.05, 4.69) is 15.3 Å². The van der Waals surface area contributed by atoms with E-state index in [0.717, 1.165) is 21.0 Å². The van der Waals surface area contributed by atoms with Gasteiger partial charge in [0, 0.05) is 31.7 Å². The van der Waals surface area contributed by atoms with Crippen LogP contribution in [0.1, 0.15) is 32.3 Å². The molecule has 1 heterocycles. The molecule has 0 radical (unpaired) electrons. The lowest BCUT2D eigenvalue weighted by Crippen LogP contribution is -2.63. The second-order valence-electron chi connectivity index (χ2n) is 7.80. The molecular weight excluding hydrogens is 496 g/mol. The number of amides is 1. The van der Waals surface area contributed by atoms with Gasteiger partial charge in [0.15, 0.2) is 24.4 Å². The highest BCUT2D eigenvalue weighted by molar-refractivity contribution is 5.92. The molecule has 1 aromatic carbocycles. The van der Waals surface area contributed by atoms with Gasteiger partial charge in [-0.3, -0.25) is 14.4 Å². The smallest absolute Gasteiger partial charge is 0.339 e. The average Bonchev–Trinajstić information content (AvgIpc) is 2.85. The molecule has 0 bridgehead atoms. The predicted molar refractivity (Wildman–Crippen MR) is 123 cm³/mol. The van der Waals surface area contributed by atoms with Crippen LogP contribution in [0, 0.1) is 0 Å². The number of hydrogen-bond donors (Lipinski definition) is 3. The van der Waals surface area contributed by atoms with Crippen LogP contribution in [0.2, 0.25) is 0 Å². The standard InChI is InChI=1S/C22H28N4O11/c1-11(28)34-18-17(31)22(37-20(21(32)33-3)19(18)35-12(2)29)36-15-7-6-13(10-27)9-14(15)25-16(30)5-4-8-24-26-23/h6-7,9,17-20,22,27,31H,4-5,8,10H2,1-3H3,(H,25,30)/t17-,18-,19+,20+,22-/m1/s1. The molecule has 0 aliphatic carbocycles. The van der Waals surface area contributed by atoms with E-state index >= 15 is 0 Å². The fourth-order valence-corrected chi connectivity index (χ4v) is 3.44. The number of benzene rings is 1. The zero-order chi connectivity index (χ0) is 27.5. The van der Waals surface area contributed by atoms with Gasteiger partial charge in [0.2, 0.25) is 12.2 Å². The maximum absolute atomic E-state index is 12.4. The van der Waals surface area contributed by atoms with Crippen molar-refractivity contribution in [3.63, 3.8) is 0 Å². The van der Waals surface area contributed by atoms with Gasteiger partial charge in [-0.05, 0) is 29.6 Å². The van der Waals surface area contributed by atoms with E-state index in [9.17, 15) is 29.4 Å². The van der Waals surface area contributed by atoms with Crippen molar-refractivity contribution in [2.45, 2.75) is 64.0 Å². The molecule has 15 nitrogen and oxygen atoms in total. The van der Waals surface area contributed by atoms with E-state index in [1.165, 1.54) is 18.2 Å². The van der Waals surface area contributed by atoms with E-state index in [0.29, 0.717) is 5.56 Å². The molecule has 37 heavy (non-hydrogen) atoms. The number of ether oxygens (including phenoxy) is 5. The molecule has 2 rings (SSSR count). The molecule has 1 fully saturated rings. The Bertz CT molecular complexity index is 1040. The van der Waals surface area contributed by atoms with Crippen LogP contribution >= 0.6 is 0 Å². The van der Waals surface area contributed by atoms with Crippen molar-refractivity contribution in [2.24, 2.45) is 5.11 Å². The molecule has 1 aliphatic heterocycles. The molecule has 1 saturated heterocycles. The first kappa shape index (κ1) is 29.3. The number of esters is 3. The largest absolute Gasteiger partial charge is 0.467 e. The van der Waals surface area contributed by atoms with Crippen LogP contribution in [0.3, 0.4) is 0 Å². The highest BCUT2D eigenvalue weighted by atomic mass is 16.7. The maximum atomic E-state index is 12.4. The number of carbonyl (C=O) groups is 4. The monoisotopic (exact) mass is 524 g/mol. The second kappa shape index (κ2) is 14.0. The lowest BCUT2D eigenvalue weighted by atomic mass is 9.98. The van der Waals surface area contributed by atoms with Crippen LogP contribution < -0.4 is 10.1 Å². The highest BCUT2D eigenvalue weighted by Gasteiger charge is 2.53. The van der Waals surface area contributed by atoms with Gasteiger partial charge in [-0.2, -0.15) is 0 Å². The molecule has 15 heteroatoms. The summed E-state index contributed by atoms with van der Waals surface area (Å²) in [7, 11) is 1.06. The summed E-state index contributed by atoms with van der Waals surface area (Å²) in [6, 6.07) is 4.27. The van der Waals surface area contributed by atoms with Gasteiger partial charge in [0.05, 0.1) is 19.4 Å². The Labute approximate surface area is 211 Å². The van der Waals surface area contributed by atoms with Crippen molar-refractivity contribution < 1.29 is 53.1 Å². The summed E-state index contributed by atoms with van der Waals surface area (Å²) in [6.07, 6.45) is -7.87. The Morgan fingerprint density at radius 1 is 1.16 bits per heavy atom. The zero-order valence-electron chi connectivity index (χ0n) is 20.4. The van der Waals surface area contributed by atoms with Gasteiger partial charge in [0.25, 0.3) is 0 Å². The topological polar surface area (TPSA) is 216 Å². The quantitative estimate of drug-likeness (QED) is 0.0914. The molecular formula is C22H28N4O11. The van der Waals surface area contributed by atoms with Crippen LogP contribution in [0.4, 0.5) is 5.69 Å². The van der Waals surface area contributed by atoms with Gasteiger partial charge < -0.3 is 39.2 Å². The van der Waals surface area contributed by atoms with Gasteiger partial charge in [-0.1, -0.05) is 11.2 Å². The van der Waals surface area contributed by atoms with Crippen molar-refractivity contribution >= 4 is 29.5 Å². The number of rotatable bonds is 11. The van der Waals surface area contributed by atoms with E-state index in [-0.39, 0.29) is 37.4 Å². The zero-order valence-corrected chi connectivity index (χ0v) is 20.4. The Morgan fingerprint density at radius 3 is 2.43 bits per heavy atom. The van der Waals surface area contributed by atoms with Crippen LogP contribution in [0.15, 0.2) is 23.3 Å². The molecule has 0 spiro atoms. The minimum atomic E-state index is -1.75. The normalized spacial score (nSPS) is 22.7. The highest BCUT2D eigenvalue weighted by Crippen LogP contribution is 2.33. The van der Waals surface area contributed by atoms with Crippen molar-refractivity contribution in [3.05, 3.63) is 34.2 Å². The number of anilines is 1. The van der Waals surface area contributed by atoms with Crippen molar-refractivity contribution in [3.8, 4) is 5.75 Å². The Balaban J connectivity index is 2.36. The van der Waals surface area contributed by atoms with E-state index < -0.39 is 54.5 Å². The number of azide groups is 1. The average molecular weight is 524 g/mol. The number of methoxy groups -OCH3 is 1. The molecule has 0 unspecified atom stereocenters. The lowest BCUT2D eigenvalue weighted by Gasteiger charge is -2.41. The number of hydrogen-bond acceptors (Lipinski definition) is 12. The first-order valence-electron chi connectivity index (χ1n) is 11.1. The summed E-state index contributed by atoms with van der Waals surface area (Å²) < 4.78 is 26.3. The molecule has 1 aliphatic rings. The summed E-state index contributed by atoms with van der Waals surface area (Å²) in [5.74, 6) is -3.16. The number of carbonyl (C=O) groups excluding carboxylic acids is 4. The minimum absolute atomic E-state index is 0.00731. The SMILES string of the molecule is COC(=O)[C@H]1O[C@@H](Oc2ccc(CO)cc2NC(=O)CCCN=[N+]=[N-])[C@H](O)[C@@H](OC(C)=O)[C@@H]1OC(C)=O. The van der Waals surface area contributed by atoms with Gasteiger partial charge in [-0.15, -0.1) is 0 Å². The van der Waals surface area contributed by atoms with Gasteiger partial charge in [-0.25, -0.2) is 4.79 Å². The van der Waals surface area contributed by atoms with E-state index in [1.54, 1.807) is 0 Å². The van der Waals surface area contributed by atoms with Crippen molar-refractivity contribution in [1.82, 2.24) is 0 Å². The van der Waals surface area contributed by atoms with Crippen LogP contribution in [-0.4, -0.2) is 78.4 Å². The molecule has 0 saturated carbocycles. The van der Waals surface area contributed by atoms with Crippen LogP contribution in [0.25, 0.3) is 10.4 Å². The third kappa shape index (κ3) is 8.32. The second-order valence-corrected chi connectivity index (χ2v) is 7.80. The number of nitrogens with one attached hydrogen (secondary N) is 1. The van der Waals surface area contributed by atoms with E-state index in [1.807, 2.05) is 0 Å². The first-order chi connectivity index (χ1) is 17.6. The molecule has 3 N–H and O–H groups in total.